The van der Waals surface area contributed by atoms with E-state index in [9.17, 15) is 9.59 Å². The van der Waals surface area contributed by atoms with Gasteiger partial charge in [0.25, 0.3) is 0 Å². The van der Waals surface area contributed by atoms with Gasteiger partial charge in [0.05, 0.1) is 6.26 Å². The molecule has 0 radical (unpaired) electrons. The Labute approximate surface area is 146 Å². The molecule has 4 nitrogen and oxygen atoms in total. The highest BCUT2D eigenvalue weighted by molar-refractivity contribution is 5.97. The number of amides is 1. The lowest BCUT2D eigenvalue weighted by Crippen LogP contribution is -2.29. The first-order valence-electron chi connectivity index (χ1n) is 8.20. The molecule has 1 aromatic heterocycles. The molecule has 126 valence electrons. The normalized spacial score (nSPS) is 11.7. The van der Waals surface area contributed by atoms with Crippen molar-refractivity contribution in [3.63, 3.8) is 0 Å². The minimum atomic E-state index is -0.365. The van der Waals surface area contributed by atoms with Crippen LogP contribution >= 0.6 is 0 Å². The van der Waals surface area contributed by atoms with Crippen molar-refractivity contribution < 1.29 is 14.0 Å². The van der Waals surface area contributed by atoms with Gasteiger partial charge in [0, 0.05) is 18.4 Å². The number of furan rings is 1. The van der Waals surface area contributed by atoms with Gasteiger partial charge in [-0.05, 0) is 17.7 Å². The monoisotopic (exact) mass is 333 g/mol. The molecule has 1 unspecified atom stereocenters. The van der Waals surface area contributed by atoms with E-state index in [1.807, 2.05) is 54.6 Å². The van der Waals surface area contributed by atoms with Crippen LogP contribution in [0.25, 0.3) is 0 Å². The van der Waals surface area contributed by atoms with Crippen LogP contribution in [0.4, 0.5) is 0 Å². The van der Waals surface area contributed by atoms with Crippen LogP contribution in [0.5, 0.6) is 0 Å². The fourth-order valence-corrected chi connectivity index (χ4v) is 2.65. The number of Topliss-reactive ketones (excluding diaryl/α,β-unsaturated/α-hetero) is 1. The topological polar surface area (TPSA) is 59.3 Å². The SMILES string of the molecule is O=C(CCC(=O)c1ccccc1)NC(c1ccccc1)c1ccco1. The first-order valence-corrected chi connectivity index (χ1v) is 8.20. The van der Waals surface area contributed by atoms with Gasteiger partial charge in [0.15, 0.2) is 5.78 Å². The number of nitrogens with one attached hydrogen (secondary N) is 1. The zero-order chi connectivity index (χ0) is 17.5. The van der Waals surface area contributed by atoms with Gasteiger partial charge in [-0.25, -0.2) is 0 Å². The quantitative estimate of drug-likeness (QED) is 0.661. The maximum Gasteiger partial charge on any atom is 0.221 e. The summed E-state index contributed by atoms with van der Waals surface area (Å²) in [6.45, 7) is 0. The fraction of sp³-hybridized carbons (Fsp3) is 0.143. The molecule has 0 aliphatic carbocycles. The summed E-state index contributed by atoms with van der Waals surface area (Å²) in [6, 6.07) is 21.9. The average Bonchev–Trinajstić information content (AvgIpc) is 3.20. The lowest BCUT2D eigenvalue weighted by molar-refractivity contribution is -0.121. The molecule has 4 heteroatoms. The molecule has 0 saturated heterocycles. The molecule has 0 aliphatic heterocycles. The third kappa shape index (κ3) is 4.44. The largest absolute Gasteiger partial charge is 0.467 e. The first kappa shape index (κ1) is 16.7. The maximum atomic E-state index is 12.4. The van der Waals surface area contributed by atoms with Gasteiger partial charge in [-0.15, -0.1) is 0 Å². The van der Waals surface area contributed by atoms with Crippen molar-refractivity contribution in [1.82, 2.24) is 5.32 Å². The summed E-state index contributed by atoms with van der Waals surface area (Å²) in [4.78, 5) is 24.5. The zero-order valence-corrected chi connectivity index (χ0v) is 13.7. The second-order valence-electron chi connectivity index (χ2n) is 5.72. The summed E-state index contributed by atoms with van der Waals surface area (Å²) >= 11 is 0. The Morgan fingerprint density at radius 3 is 2.16 bits per heavy atom. The van der Waals surface area contributed by atoms with Crippen LogP contribution in [0.1, 0.15) is 40.6 Å². The Morgan fingerprint density at radius 2 is 1.52 bits per heavy atom. The van der Waals surface area contributed by atoms with E-state index in [1.165, 1.54) is 0 Å². The minimum absolute atomic E-state index is 0.0370. The van der Waals surface area contributed by atoms with E-state index in [-0.39, 0.29) is 30.6 Å². The molecular formula is C21H19NO3. The van der Waals surface area contributed by atoms with Crippen LogP contribution in [0.2, 0.25) is 0 Å². The molecule has 0 saturated carbocycles. The van der Waals surface area contributed by atoms with Crippen LogP contribution in [-0.4, -0.2) is 11.7 Å². The van der Waals surface area contributed by atoms with Gasteiger partial charge in [-0.1, -0.05) is 60.7 Å². The van der Waals surface area contributed by atoms with E-state index in [4.69, 9.17) is 4.42 Å². The standard InChI is InChI=1S/C21H19NO3/c23-18(16-8-3-1-4-9-16)13-14-20(24)22-21(19-12-7-15-25-19)17-10-5-2-6-11-17/h1-12,15,21H,13-14H2,(H,22,24). The smallest absolute Gasteiger partial charge is 0.221 e. The molecule has 1 atom stereocenters. The molecule has 1 N–H and O–H groups in total. The Balaban J connectivity index is 1.64. The molecule has 3 rings (SSSR count). The summed E-state index contributed by atoms with van der Waals surface area (Å²) in [7, 11) is 0. The lowest BCUT2D eigenvalue weighted by atomic mass is 10.0. The third-order valence-electron chi connectivity index (χ3n) is 3.94. The number of ketones is 1. The summed E-state index contributed by atoms with van der Waals surface area (Å²) in [5.74, 6) is 0.438. The van der Waals surface area contributed by atoms with Crippen LogP contribution in [0.3, 0.4) is 0 Å². The van der Waals surface area contributed by atoms with E-state index in [1.54, 1.807) is 24.5 Å². The number of benzene rings is 2. The van der Waals surface area contributed by atoms with Gasteiger partial charge in [0.2, 0.25) is 5.91 Å². The Hall–Kier alpha value is -3.14. The van der Waals surface area contributed by atoms with Crippen LogP contribution in [0.15, 0.2) is 83.5 Å². The van der Waals surface area contributed by atoms with Crippen molar-refractivity contribution in [2.45, 2.75) is 18.9 Å². The van der Waals surface area contributed by atoms with Gasteiger partial charge in [0.1, 0.15) is 11.8 Å². The van der Waals surface area contributed by atoms with E-state index in [0.717, 1.165) is 5.56 Å². The van der Waals surface area contributed by atoms with E-state index in [0.29, 0.717) is 11.3 Å². The Kier molecular flexibility index (Phi) is 5.42. The van der Waals surface area contributed by atoms with Crippen molar-refractivity contribution >= 4 is 11.7 Å². The van der Waals surface area contributed by atoms with Gasteiger partial charge < -0.3 is 9.73 Å². The van der Waals surface area contributed by atoms with Gasteiger partial charge in [-0.2, -0.15) is 0 Å². The van der Waals surface area contributed by atoms with E-state index < -0.39 is 0 Å². The summed E-state index contributed by atoms with van der Waals surface area (Å²) in [6.07, 6.45) is 1.89. The third-order valence-corrected chi connectivity index (χ3v) is 3.94. The number of rotatable bonds is 7. The fourth-order valence-electron chi connectivity index (χ4n) is 2.65. The summed E-state index contributed by atoms with van der Waals surface area (Å²) in [5.41, 5.74) is 1.56. The van der Waals surface area contributed by atoms with Crippen LogP contribution < -0.4 is 5.32 Å². The summed E-state index contributed by atoms with van der Waals surface area (Å²) < 4.78 is 5.46. The molecule has 0 aliphatic rings. The van der Waals surface area contributed by atoms with Crippen molar-refractivity contribution in [1.29, 1.82) is 0 Å². The molecule has 0 bridgehead atoms. The molecular weight excluding hydrogens is 314 g/mol. The number of carbonyl (C=O) groups excluding carboxylic acids is 2. The molecule has 25 heavy (non-hydrogen) atoms. The minimum Gasteiger partial charge on any atom is -0.467 e. The van der Waals surface area contributed by atoms with Crippen molar-refractivity contribution in [2.24, 2.45) is 0 Å². The average molecular weight is 333 g/mol. The van der Waals surface area contributed by atoms with Crippen molar-refractivity contribution in [2.75, 3.05) is 0 Å². The van der Waals surface area contributed by atoms with E-state index in [2.05, 4.69) is 5.32 Å². The predicted molar refractivity (Wildman–Crippen MR) is 95.1 cm³/mol. The Bertz CT molecular complexity index is 811. The van der Waals surface area contributed by atoms with Crippen molar-refractivity contribution in [3.05, 3.63) is 95.9 Å². The molecule has 2 aromatic carbocycles. The predicted octanol–water partition coefficient (Wildman–Crippen LogP) is 4.15. The van der Waals surface area contributed by atoms with Gasteiger partial charge >= 0.3 is 0 Å². The zero-order valence-electron chi connectivity index (χ0n) is 13.7. The molecule has 0 spiro atoms. The van der Waals surface area contributed by atoms with Crippen LogP contribution in [-0.2, 0) is 4.79 Å². The molecule has 0 fully saturated rings. The number of carbonyl (C=O) groups is 2. The number of hydrogen-bond donors (Lipinski definition) is 1. The highest BCUT2D eigenvalue weighted by atomic mass is 16.3. The van der Waals surface area contributed by atoms with Gasteiger partial charge in [-0.3, -0.25) is 9.59 Å². The molecule has 1 amide bonds. The maximum absolute atomic E-state index is 12.4. The van der Waals surface area contributed by atoms with Crippen molar-refractivity contribution in [3.8, 4) is 0 Å². The Morgan fingerprint density at radius 1 is 0.840 bits per heavy atom. The van der Waals surface area contributed by atoms with E-state index >= 15 is 0 Å². The number of hydrogen-bond acceptors (Lipinski definition) is 3. The highest BCUT2D eigenvalue weighted by Gasteiger charge is 2.19. The highest BCUT2D eigenvalue weighted by Crippen LogP contribution is 2.22. The molecule has 3 aromatic rings. The first-order chi connectivity index (χ1) is 12.2. The molecule has 1 heterocycles. The second kappa shape index (κ2) is 8.11. The second-order valence-corrected chi connectivity index (χ2v) is 5.72. The van der Waals surface area contributed by atoms with Crippen LogP contribution in [0, 0.1) is 0 Å². The summed E-state index contributed by atoms with van der Waals surface area (Å²) in [5, 5.41) is 2.96. The lowest BCUT2D eigenvalue weighted by Gasteiger charge is -2.17.